The third-order valence-electron chi connectivity index (χ3n) is 6.72. The highest BCUT2D eigenvalue weighted by Gasteiger charge is 2.50. The predicted octanol–water partition coefficient (Wildman–Crippen LogP) is 3.84. The van der Waals surface area contributed by atoms with E-state index < -0.39 is 27.4 Å². The van der Waals surface area contributed by atoms with Gasteiger partial charge in [-0.3, -0.25) is 4.79 Å². The Balaban J connectivity index is 1.60. The topological polar surface area (TPSA) is 114 Å². The van der Waals surface area contributed by atoms with Gasteiger partial charge < -0.3 is 19.9 Å². The van der Waals surface area contributed by atoms with Gasteiger partial charge in [-0.1, -0.05) is 48.0 Å². The van der Waals surface area contributed by atoms with Crippen LogP contribution < -0.4 is 10.1 Å². The van der Waals surface area contributed by atoms with Crippen molar-refractivity contribution in [3.63, 3.8) is 0 Å². The van der Waals surface area contributed by atoms with Crippen LogP contribution in [0, 0.1) is 6.92 Å². The number of nitrogens with one attached hydrogen (secondary N) is 1. The number of aliphatic hydroxyl groups excluding tert-OH is 1. The molecule has 2 N–H and O–H groups in total. The molecule has 0 aromatic heterocycles. The van der Waals surface area contributed by atoms with Crippen LogP contribution in [0.4, 0.5) is 0 Å². The summed E-state index contributed by atoms with van der Waals surface area (Å²) in [5.41, 5.74) is 1.22. The number of hydrogen-bond acceptors (Lipinski definition) is 7. The molecule has 1 aliphatic heterocycles. The highest BCUT2D eigenvalue weighted by atomic mass is 32.2. The Kier molecular flexibility index (Phi) is 9.04. The maximum absolute atomic E-state index is 13.7. The van der Waals surface area contributed by atoms with E-state index in [0.717, 1.165) is 11.1 Å². The molecule has 1 heterocycles. The summed E-state index contributed by atoms with van der Waals surface area (Å²) >= 11 is 0. The zero-order valence-corrected chi connectivity index (χ0v) is 23.0. The molecule has 1 aliphatic rings. The smallest absolute Gasteiger partial charge is 0.252 e. The lowest BCUT2D eigenvalue weighted by Gasteiger charge is -2.28. The van der Waals surface area contributed by atoms with Gasteiger partial charge in [-0.05, 0) is 62.2 Å². The van der Waals surface area contributed by atoms with Crippen molar-refractivity contribution < 1.29 is 27.8 Å². The molecule has 2 atom stereocenters. The Bertz CT molecular complexity index is 1410. The molecular weight excluding hydrogens is 516 g/mol. The summed E-state index contributed by atoms with van der Waals surface area (Å²) in [6.07, 6.45) is -0.214. The van der Waals surface area contributed by atoms with E-state index in [1.54, 1.807) is 61.5 Å². The van der Waals surface area contributed by atoms with Gasteiger partial charge in [0.1, 0.15) is 11.9 Å². The average Bonchev–Trinajstić information content (AvgIpc) is 3.29. The van der Waals surface area contributed by atoms with Crippen LogP contribution in [0.3, 0.4) is 0 Å². The number of aliphatic imine (C=N–C) groups is 1. The Hall–Kier alpha value is -3.69. The molecule has 4 rings (SSSR count). The maximum atomic E-state index is 13.7. The van der Waals surface area contributed by atoms with Crippen LogP contribution in [0.1, 0.15) is 36.5 Å². The lowest BCUT2D eigenvalue weighted by Crippen LogP contribution is -2.51. The number of amides is 1. The van der Waals surface area contributed by atoms with Crippen LogP contribution >= 0.6 is 0 Å². The molecule has 3 aromatic rings. The van der Waals surface area contributed by atoms with E-state index in [0.29, 0.717) is 24.3 Å². The fourth-order valence-electron chi connectivity index (χ4n) is 4.45. The molecule has 0 radical (unpaired) electrons. The standard InChI is InChI=1S/C30H34N2O6S/c1-22-8-6-9-24(20-22)21-31-29(34)30(16-19-39(35,36)27-10-4-3-5-11-27)23(2)38-28(32-30)25-12-14-26(15-13-25)37-18-7-17-33/h3-6,8-15,20,23,33H,7,16-19,21H2,1-2H3,(H,31,34)/t23-,30-/m1/s1. The van der Waals surface area contributed by atoms with E-state index in [9.17, 15) is 13.2 Å². The monoisotopic (exact) mass is 550 g/mol. The average molecular weight is 551 g/mol. The van der Waals surface area contributed by atoms with Gasteiger partial charge >= 0.3 is 0 Å². The fraction of sp³-hybridized carbons (Fsp3) is 0.333. The summed E-state index contributed by atoms with van der Waals surface area (Å²) in [4.78, 5) is 18.7. The second kappa shape index (κ2) is 12.4. The first-order chi connectivity index (χ1) is 18.7. The van der Waals surface area contributed by atoms with Crippen LogP contribution in [-0.2, 0) is 25.9 Å². The quantitative estimate of drug-likeness (QED) is 0.331. The minimum absolute atomic E-state index is 0.0447. The molecule has 0 saturated heterocycles. The number of aryl methyl sites for hydroxylation is 1. The summed E-state index contributed by atoms with van der Waals surface area (Å²) < 4.78 is 37.9. The van der Waals surface area contributed by atoms with E-state index in [-0.39, 0.29) is 36.1 Å². The van der Waals surface area contributed by atoms with Crippen molar-refractivity contribution in [3.8, 4) is 5.75 Å². The van der Waals surface area contributed by atoms with Crippen molar-refractivity contribution in [1.82, 2.24) is 5.32 Å². The number of ether oxygens (including phenoxy) is 2. The second-order valence-electron chi connectivity index (χ2n) is 9.60. The molecule has 0 aliphatic carbocycles. The number of sulfone groups is 1. The summed E-state index contributed by atoms with van der Waals surface area (Å²) in [6, 6.07) is 23.1. The van der Waals surface area contributed by atoms with Crippen molar-refractivity contribution in [2.24, 2.45) is 4.99 Å². The van der Waals surface area contributed by atoms with Gasteiger partial charge in [0.05, 0.1) is 17.3 Å². The Labute approximate surface area is 229 Å². The minimum atomic E-state index is -3.65. The van der Waals surface area contributed by atoms with Gasteiger partial charge in [0.2, 0.25) is 5.90 Å². The first kappa shape index (κ1) is 28.3. The Morgan fingerprint density at radius 1 is 1.08 bits per heavy atom. The number of hydrogen-bond donors (Lipinski definition) is 2. The number of nitrogens with zero attached hydrogens (tertiary/aromatic N) is 1. The molecule has 206 valence electrons. The zero-order chi connectivity index (χ0) is 27.9. The molecule has 0 fully saturated rings. The molecule has 0 bridgehead atoms. The van der Waals surface area contributed by atoms with E-state index in [2.05, 4.69) is 5.32 Å². The fourth-order valence-corrected chi connectivity index (χ4v) is 5.83. The van der Waals surface area contributed by atoms with E-state index in [1.165, 1.54) is 0 Å². The lowest BCUT2D eigenvalue weighted by atomic mass is 9.90. The summed E-state index contributed by atoms with van der Waals surface area (Å²) in [5.74, 6) is 0.248. The van der Waals surface area contributed by atoms with Crippen LogP contribution in [-0.4, -0.2) is 55.9 Å². The minimum Gasteiger partial charge on any atom is -0.494 e. The third-order valence-corrected chi connectivity index (χ3v) is 8.45. The highest BCUT2D eigenvalue weighted by molar-refractivity contribution is 7.91. The van der Waals surface area contributed by atoms with E-state index >= 15 is 0 Å². The number of carbonyl (C=O) groups excluding carboxylic acids is 1. The van der Waals surface area contributed by atoms with Crippen LogP contribution in [0.15, 0.2) is 88.8 Å². The van der Waals surface area contributed by atoms with Crippen molar-refractivity contribution in [1.29, 1.82) is 0 Å². The summed E-state index contributed by atoms with van der Waals surface area (Å²) in [5, 5.41) is 11.9. The summed E-state index contributed by atoms with van der Waals surface area (Å²) in [7, 11) is -3.65. The normalized spacial score (nSPS) is 18.7. The van der Waals surface area contributed by atoms with Gasteiger partial charge in [0, 0.05) is 25.1 Å². The Morgan fingerprint density at radius 2 is 1.82 bits per heavy atom. The van der Waals surface area contributed by atoms with E-state index in [1.807, 2.05) is 31.2 Å². The zero-order valence-electron chi connectivity index (χ0n) is 22.2. The van der Waals surface area contributed by atoms with Gasteiger partial charge in [0.25, 0.3) is 5.91 Å². The van der Waals surface area contributed by atoms with Crippen molar-refractivity contribution in [3.05, 3.63) is 95.6 Å². The summed E-state index contributed by atoms with van der Waals surface area (Å²) in [6.45, 7) is 4.45. The maximum Gasteiger partial charge on any atom is 0.252 e. The number of carbonyl (C=O) groups is 1. The van der Waals surface area contributed by atoms with Crippen molar-refractivity contribution in [2.45, 2.75) is 49.8 Å². The largest absolute Gasteiger partial charge is 0.494 e. The lowest BCUT2D eigenvalue weighted by molar-refractivity contribution is -0.128. The van der Waals surface area contributed by atoms with Gasteiger partial charge in [0.15, 0.2) is 15.4 Å². The number of benzene rings is 3. The third kappa shape index (κ3) is 6.85. The molecular formula is C30H34N2O6S. The molecule has 0 spiro atoms. The molecule has 0 saturated carbocycles. The van der Waals surface area contributed by atoms with Gasteiger partial charge in [-0.2, -0.15) is 0 Å². The molecule has 0 unspecified atom stereocenters. The predicted molar refractivity (Wildman–Crippen MR) is 150 cm³/mol. The Morgan fingerprint density at radius 3 is 2.51 bits per heavy atom. The van der Waals surface area contributed by atoms with Crippen molar-refractivity contribution in [2.75, 3.05) is 19.0 Å². The van der Waals surface area contributed by atoms with Crippen molar-refractivity contribution >= 4 is 21.6 Å². The first-order valence-corrected chi connectivity index (χ1v) is 14.6. The number of aliphatic hydroxyl groups is 1. The van der Waals surface area contributed by atoms with Crippen LogP contribution in [0.25, 0.3) is 0 Å². The SMILES string of the molecule is Cc1cccc(CNC(=O)[C@]2(CCS(=O)(=O)c3ccccc3)N=C(c3ccc(OCCCO)cc3)O[C@@H]2C)c1. The molecule has 8 nitrogen and oxygen atoms in total. The second-order valence-corrected chi connectivity index (χ2v) is 11.7. The van der Waals surface area contributed by atoms with E-state index in [4.69, 9.17) is 19.6 Å². The molecule has 39 heavy (non-hydrogen) atoms. The van der Waals surface area contributed by atoms with Crippen LogP contribution in [0.2, 0.25) is 0 Å². The molecule has 9 heteroatoms. The molecule has 1 amide bonds. The first-order valence-electron chi connectivity index (χ1n) is 13.0. The van der Waals surface area contributed by atoms with Gasteiger partial charge in [-0.25, -0.2) is 13.4 Å². The number of rotatable bonds is 12. The molecule has 3 aromatic carbocycles. The van der Waals surface area contributed by atoms with Crippen LogP contribution in [0.5, 0.6) is 5.75 Å². The highest BCUT2D eigenvalue weighted by Crippen LogP contribution is 2.33. The van der Waals surface area contributed by atoms with Gasteiger partial charge in [-0.15, -0.1) is 0 Å².